The van der Waals surface area contributed by atoms with Gasteiger partial charge in [-0.1, -0.05) is 0 Å². The van der Waals surface area contributed by atoms with E-state index in [9.17, 15) is 4.79 Å². The van der Waals surface area contributed by atoms with E-state index in [2.05, 4.69) is 0 Å². The van der Waals surface area contributed by atoms with Gasteiger partial charge < -0.3 is 4.74 Å². The summed E-state index contributed by atoms with van der Waals surface area (Å²) in [6.07, 6.45) is 3.46. The lowest BCUT2D eigenvalue weighted by Crippen LogP contribution is -2.14. The van der Waals surface area contributed by atoms with Crippen LogP contribution in [0, 0.1) is 11.3 Å². The highest BCUT2D eigenvalue weighted by Crippen LogP contribution is 2.15. The van der Waals surface area contributed by atoms with Crippen LogP contribution in [0.4, 0.5) is 0 Å². The van der Waals surface area contributed by atoms with E-state index >= 15 is 0 Å². The van der Waals surface area contributed by atoms with Crippen molar-refractivity contribution in [1.29, 1.82) is 5.26 Å². The molecule has 60 valence electrons. The molecule has 0 amide bonds. The van der Waals surface area contributed by atoms with Crippen molar-refractivity contribution in [2.75, 3.05) is 0 Å². The molecule has 3 nitrogen and oxygen atoms in total. The maximum atomic E-state index is 10.8. The maximum absolute atomic E-state index is 10.8. The Morgan fingerprint density at radius 2 is 2.45 bits per heavy atom. The van der Waals surface area contributed by atoms with E-state index in [1.807, 2.05) is 6.07 Å². The molecule has 0 spiro atoms. The van der Waals surface area contributed by atoms with Crippen LogP contribution < -0.4 is 0 Å². The minimum Gasteiger partial charge on any atom is -0.461 e. The molecule has 1 atom stereocenters. The van der Waals surface area contributed by atoms with Crippen molar-refractivity contribution in [2.45, 2.75) is 38.2 Å². The van der Waals surface area contributed by atoms with E-state index in [1.165, 1.54) is 0 Å². The van der Waals surface area contributed by atoms with Gasteiger partial charge in [0, 0.05) is 6.42 Å². The monoisotopic (exact) mass is 153 g/mol. The van der Waals surface area contributed by atoms with Gasteiger partial charge >= 0.3 is 5.97 Å². The summed E-state index contributed by atoms with van der Waals surface area (Å²) in [5.41, 5.74) is 0. The molecule has 0 aromatic heterocycles. The molecule has 1 fully saturated rings. The number of rotatable bonds is 1. The first kappa shape index (κ1) is 8.06. The maximum Gasteiger partial charge on any atom is 0.306 e. The lowest BCUT2D eigenvalue weighted by Gasteiger charge is -2.09. The Hall–Kier alpha value is -1.04. The first-order valence-corrected chi connectivity index (χ1v) is 3.89. The van der Waals surface area contributed by atoms with Crippen LogP contribution in [-0.2, 0) is 9.53 Å². The van der Waals surface area contributed by atoms with Crippen LogP contribution >= 0.6 is 0 Å². The quantitative estimate of drug-likeness (QED) is 0.535. The predicted molar refractivity (Wildman–Crippen MR) is 38.6 cm³/mol. The second kappa shape index (κ2) is 3.97. The third-order valence-corrected chi connectivity index (χ3v) is 1.77. The summed E-state index contributed by atoms with van der Waals surface area (Å²) in [5, 5.41) is 8.36. The molecule has 1 aliphatic heterocycles. The molecule has 11 heavy (non-hydrogen) atoms. The number of nitriles is 1. The molecule has 1 rings (SSSR count). The summed E-state index contributed by atoms with van der Waals surface area (Å²) in [4.78, 5) is 10.8. The van der Waals surface area contributed by atoms with Gasteiger partial charge in [0.05, 0.1) is 12.5 Å². The summed E-state index contributed by atoms with van der Waals surface area (Å²) >= 11 is 0. The molecule has 1 aliphatic rings. The zero-order chi connectivity index (χ0) is 8.10. The van der Waals surface area contributed by atoms with Gasteiger partial charge in [0.2, 0.25) is 0 Å². The van der Waals surface area contributed by atoms with Crippen molar-refractivity contribution in [2.24, 2.45) is 0 Å². The Bertz CT molecular complexity index is 183. The first-order chi connectivity index (χ1) is 5.33. The van der Waals surface area contributed by atoms with Crippen LogP contribution in [0.25, 0.3) is 0 Å². The van der Waals surface area contributed by atoms with E-state index < -0.39 is 0 Å². The Morgan fingerprint density at radius 3 is 3.18 bits per heavy atom. The van der Waals surface area contributed by atoms with Gasteiger partial charge in [0.25, 0.3) is 0 Å². The van der Waals surface area contributed by atoms with Crippen molar-refractivity contribution in [3.8, 4) is 6.07 Å². The molecule has 0 radical (unpaired) electrons. The molecule has 1 saturated heterocycles. The molecular weight excluding hydrogens is 142 g/mol. The average Bonchev–Trinajstić information content (AvgIpc) is 2.15. The molecule has 0 saturated carbocycles. The van der Waals surface area contributed by atoms with Gasteiger partial charge in [-0.05, 0) is 19.3 Å². The number of carbonyl (C=O) groups is 1. The molecule has 0 unspecified atom stereocenters. The van der Waals surface area contributed by atoms with Gasteiger partial charge in [-0.2, -0.15) is 5.26 Å². The summed E-state index contributed by atoms with van der Waals surface area (Å²) in [6.45, 7) is 0. The summed E-state index contributed by atoms with van der Waals surface area (Å²) in [7, 11) is 0. The van der Waals surface area contributed by atoms with Crippen molar-refractivity contribution in [3.63, 3.8) is 0 Å². The second-order valence-corrected chi connectivity index (χ2v) is 2.72. The summed E-state index contributed by atoms with van der Waals surface area (Å²) < 4.78 is 4.99. The summed E-state index contributed by atoms with van der Waals surface area (Å²) in [5.74, 6) is -0.150. The largest absolute Gasteiger partial charge is 0.461 e. The van der Waals surface area contributed by atoms with Crippen LogP contribution in [0.3, 0.4) is 0 Å². The Balaban J connectivity index is 2.40. The Labute approximate surface area is 66.0 Å². The molecule has 0 aliphatic carbocycles. The van der Waals surface area contributed by atoms with Gasteiger partial charge in [0.1, 0.15) is 6.10 Å². The normalized spacial score (nSPS) is 25.0. The number of esters is 1. The van der Waals surface area contributed by atoms with Crippen LogP contribution in [0.15, 0.2) is 0 Å². The van der Waals surface area contributed by atoms with Crippen molar-refractivity contribution >= 4 is 5.97 Å². The fraction of sp³-hybridized carbons (Fsp3) is 0.750. The smallest absolute Gasteiger partial charge is 0.306 e. The average molecular weight is 153 g/mol. The highest BCUT2D eigenvalue weighted by molar-refractivity contribution is 5.69. The van der Waals surface area contributed by atoms with Crippen molar-refractivity contribution < 1.29 is 9.53 Å². The van der Waals surface area contributed by atoms with Crippen molar-refractivity contribution in [3.05, 3.63) is 0 Å². The van der Waals surface area contributed by atoms with Gasteiger partial charge in [0.15, 0.2) is 0 Å². The first-order valence-electron chi connectivity index (χ1n) is 3.89. The number of cyclic esters (lactones) is 1. The number of carbonyl (C=O) groups excluding carboxylic acids is 1. The van der Waals surface area contributed by atoms with E-state index in [1.54, 1.807) is 0 Å². The molecular formula is C8H11NO2. The van der Waals surface area contributed by atoms with Gasteiger partial charge in [-0.15, -0.1) is 0 Å². The van der Waals surface area contributed by atoms with E-state index in [-0.39, 0.29) is 12.1 Å². The van der Waals surface area contributed by atoms with E-state index in [4.69, 9.17) is 10.00 Å². The van der Waals surface area contributed by atoms with Crippen LogP contribution in [0.5, 0.6) is 0 Å². The molecule has 0 bridgehead atoms. The minimum absolute atomic E-state index is 0.144. The number of nitrogens with zero attached hydrogens (tertiary/aromatic N) is 1. The van der Waals surface area contributed by atoms with Gasteiger partial charge in [-0.3, -0.25) is 4.79 Å². The third kappa shape index (κ3) is 2.58. The zero-order valence-corrected chi connectivity index (χ0v) is 6.38. The number of hydrogen-bond acceptors (Lipinski definition) is 3. The van der Waals surface area contributed by atoms with E-state index in [0.29, 0.717) is 12.8 Å². The topological polar surface area (TPSA) is 50.1 Å². The number of ether oxygens (including phenoxy) is 1. The predicted octanol–water partition coefficient (Wildman–Crippen LogP) is 1.39. The summed E-state index contributed by atoms with van der Waals surface area (Å²) in [6, 6.07) is 2.01. The molecule has 0 N–H and O–H groups in total. The second-order valence-electron chi connectivity index (χ2n) is 2.72. The highest BCUT2D eigenvalue weighted by atomic mass is 16.5. The molecule has 1 heterocycles. The zero-order valence-electron chi connectivity index (χ0n) is 6.38. The Kier molecular flexibility index (Phi) is 2.91. The van der Waals surface area contributed by atoms with Crippen LogP contribution in [-0.4, -0.2) is 12.1 Å². The van der Waals surface area contributed by atoms with Crippen LogP contribution in [0.2, 0.25) is 0 Å². The molecule has 0 aromatic rings. The minimum atomic E-state index is -0.150. The molecule has 0 aromatic carbocycles. The van der Waals surface area contributed by atoms with Gasteiger partial charge in [-0.25, -0.2) is 0 Å². The molecule has 3 heteroatoms. The standard InChI is InChI=1S/C8H11NO2/c9-6-5-7-3-1-2-4-8(10)11-7/h7H,1-5H2/t7-/m1/s1. The van der Waals surface area contributed by atoms with E-state index in [0.717, 1.165) is 19.3 Å². The number of hydrogen-bond donors (Lipinski definition) is 0. The Morgan fingerprint density at radius 1 is 1.64 bits per heavy atom. The lowest BCUT2D eigenvalue weighted by atomic mass is 10.1. The highest BCUT2D eigenvalue weighted by Gasteiger charge is 2.17. The lowest BCUT2D eigenvalue weighted by molar-refractivity contribution is -0.147. The fourth-order valence-electron chi connectivity index (χ4n) is 1.19. The fourth-order valence-corrected chi connectivity index (χ4v) is 1.19. The van der Waals surface area contributed by atoms with Crippen LogP contribution in [0.1, 0.15) is 32.1 Å². The SMILES string of the molecule is N#CC[C@H]1CCCCC(=O)O1. The van der Waals surface area contributed by atoms with Crippen molar-refractivity contribution in [1.82, 2.24) is 0 Å². The third-order valence-electron chi connectivity index (χ3n) is 1.77.